The maximum absolute atomic E-state index is 12.3. The van der Waals surface area contributed by atoms with Gasteiger partial charge in [-0.25, -0.2) is 0 Å². The van der Waals surface area contributed by atoms with E-state index in [1.54, 1.807) is 4.68 Å². The van der Waals surface area contributed by atoms with Gasteiger partial charge in [0.25, 0.3) is 0 Å². The molecule has 0 fully saturated rings. The Labute approximate surface area is 150 Å². The van der Waals surface area contributed by atoms with Crippen molar-refractivity contribution in [3.05, 3.63) is 66.2 Å². The molecule has 25 heavy (non-hydrogen) atoms. The van der Waals surface area contributed by atoms with Crippen molar-refractivity contribution in [2.45, 2.75) is 23.8 Å². The van der Waals surface area contributed by atoms with Gasteiger partial charge in [-0.05, 0) is 41.5 Å². The van der Waals surface area contributed by atoms with Crippen molar-refractivity contribution in [3.63, 3.8) is 0 Å². The molecule has 1 amide bonds. The molecule has 0 radical (unpaired) electrons. The first-order valence-electron chi connectivity index (χ1n) is 8.06. The third kappa shape index (κ3) is 4.67. The maximum atomic E-state index is 12.3. The van der Waals surface area contributed by atoms with Crippen molar-refractivity contribution in [1.29, 1.82) is 0 Å². The van der Waals surface area contributed by atoms with Crippen LogP contribution in [0.1, 0.15) is 12.5 Å². The Balaban J connectivity index is 1.55. The Morgan fingerprint density at radius 2 is 1.80 bits per heavy atom. The number of aromatic nitrogens is 4. The van der Waals surface area contributed by atoms with Crippen LogP contribution in [0.4, 0.5) is 0 Å². The van der Waals surface area contributed by atoms with Crippen LogP contribution in [0.3, 0.4) is 0 Å². The highest BCUT2D eigenvalue weighted by atomic mass is 32.2. The normalized spacial score (nSPS) is 11.9. The monoisotopic (exact) mass is 353 g/mol. The van der Waals surface area contributed by atoms with Crippen molar-refractivity contribution in [3.8, 4) is 5.69 Å². The zero-order valence-electron chi connectivity index (χ0n) is 13.9. The van der Waals surface area contributed by atoms with Crippen LogP contribution in [-0.4, -0.2) is 37.9 Å². The van der Waals surface area contributed by atoms with Crippen LogP contribution in [0.15, 0.2) is 65.8 Å². The maximum Gasteiger partial charge on any atom is 0.233 e. The van der Waals surface area contributed by atoms with Crippen LogP contribution >= 0.6 is 11.8 Å². The van der Waals surface area contributed by atoms with E-state index in [4.69, 9.17) is 0 Å². The average molecular weight is 353 g/mol. The summed E-state index contributed by atoms with van der Waals surface area (Å²) in [6.45, 7) is 2.46. The highest BCUT2D eigenvalue weighted by Gasteiger charge is 2.18. The second-order valence-electron chi connectivity index (χ2n) is 5.50. The fourth-order valence-electron chi connectivity index (χ4n) is 2.31. The predicted molar refractivity (Wildman–Crippen MR) is 97.6 cm³/mol. The van der Waals surface area contributed by atoms with E-state index in [1.807, 2.05) is 55.5 Å². The zero-order valence-corrected chi connectivity index (χ0v) is 14.7. The van der Waals surface area contributed by atoms with E-state index in [2.05, 4.69) is 33.0 Å². The van der Waals surface area contributed by atoms with Gasteiger partial charge >= 0.3 is 0 Å². The number of rotatable bonds is 7. The molecule has 0 aliphatic carbocycles. The van der Waals surface area contributed by atoms with E-state index in [9.17, 15) is 4.79 Å². The van der Waals surface area contributed by atoms with E-state index in [1.165, 1.54) is 17.3 Å². The molecule has 2 aromatic carbocycles. The van der Waals surface area contributed by atoms with Gasteiger partial charge in [0.15, 0.2) is 0 Å². The van der Waals surface area contributed by atoms with Crippen molar-refractivity contribution in [2.24, 2.45) is 0 Å². The average Bonchev–Trinajstić information content (AvgIpc) is 3.11. The van der Waals surface area contributed by atoms with Gasteiger partial charge in [-0.3, -0.25) is 4.79 Å². The Hall–Kier alpha value is -2.67. The molecule has 3 aromatic rings. The van der Waals surface area contributed by atoms with Crippen molar-refractivity contribution < 1.29 is 4.79 Å². The first-order chi connectivity index (χ1) is 12.2. The van der Waals surface area contributed by atoms with Crippen LogP contribution in [-0.2, 0) is 11.2 Å². The van der Waals surface area contributed by atoms with Gasteiger partial charge in [-0.15, -0.1) is 5.10 Å². The number of nitrogens with zero attached hydrogens (tertiary/aromatic N) is 4. The van der Waals surface area contributed by atoms with E-state index in [0.717, 1.165) is 12.1 Å². The van der Waals surface area contributed by atoms with Gasteiger partial charge in [-0.2, -0.15) is 4.68 Å². The number of hydrogen-bond donors (Lipinski definition) is 1. The molecule has 0 bridgehead atoms. The summed E-state index contributed by atoms with van der Waals surface area (Å²) in [5, 5.41) is 15.0. The summed E-state index contributed by atoms with van der Waals surface area (Å²) < 4.78 is 1.64. The minimum atomic E-state index is -0.288. The molecule has 0 unspecified atom stereocenters. The number of carbonyl (C=O) groups is 1. The molecule has 7 heteroatoms. The number of nitrogens with one attached hydrogen (secondary N) is 1. The summed E-state index contributed by atoms with van der Waals surface area (Å²) in [6, 6.07) is 19.7. The molecule has 1 aromatic heterocycles. The zero-order chi connectivity index (χ0) is 17.5. The van der Waals surface area contributed by atoms with E-state index in [-0.39, 0.29) is 11.2 Å². The molecule has 1 heterocycles. The van der Waals surface area contributed by atoms with E-state index >= 15 is 0 Å². The van der Waals surface area contributed by atoms with Crippen LogP contribution in [0, 0.1) is 0 Å². The molecule has 0 saturated carbocycles. The molecular formula is C18H19N5OS. The lowest BCUT2D eigenvalue weighted by molar-refractivity contribution is -0.120. The van der Waals surface area contributed by atoms with E-state index < -0.39 is 0 Å². The molecule has 0 aliphatic heterocycles. The van der Waals surface area contributed by atoms with Gasteiger partial charge in [0.05, 0.1) is 10.9 Å². The number of carbonyl (C=O) groups excluding carboxylic acids is 1. The van der Waals surface area contributed by atoms with E-state index in [0.29, 0.717) is 11.7 Å². The highest BCUT2D eigenvalue weighted by molar-refractivity contribution is 8.00. The second kappa shape index (κ2) is 8.43. The van der Waals surface area contributed by atoms with Crippen molar-refractivity contribution >= 4 is 17.7 Å². The Kier molecular flexibility index (Phi) is 5.79. The van der Waals surface area contributed by atoms with Gasteiger partial charge in [0.2, 0.25) is 11.1 Å². The largest absolute Gasteiger partial charge is 0.355 e. The third-order valence-electron chi connectivity index (χ3n) is 3.65. The second-order valence-corrected chi connectivity index (χ2v) is 6.80. The van der Waals surface area contributed by atoms with Gasteiger partial charge in [0, 0.05) is 6.54 Å². The molecular weight excluding hydrogens is 334 g/mol. The van der Waals surface area contributed by atoms with Gasteiger partial charge in [0.1, 0.15) is 0 Å². The number of para-hydroxylation sites is 1. The summed E-state index contributed by atoms with van der Waals surface area (Å²) in [5.41, 5.74) is 2.07. The lowest BCUT2D eigenvalue weighted by Crippen LogP contribution is -2.32. The third-order valence-corrected chi connectivity index (χ3v) is 4.68. The summed E-state index contributed by atoms with van der Waals surface area (Å²) in [4.78, 5) is 12.3. The predicted octanol–water partition coefficient (Wildman–Crippen LogP) is 2.50. The van der Waals surface area contributed by atoms with Crippen LogP contribution < -0.4 is 5.32 Å². The quantitative estimate of drug-likeness (QED) is 0.661. The van der Waals surface area contributed by atoms with Crippen LogP contribution in [0.2, 0.25) is 0 Å². The smallest absolute Gasteiger partial charge is 0.233 e. The number of benzene rings is 2. The molecule has 0 spiro atoms. The fourth-order valence-corrected chi connectivity index (χ4v) is 3.15. The Bertz CT molecular complexity index is 807. The SMILES string of the molecule is C[C@@H](Sc1nnnn1-c1ccccc1)C(=O)NCCc1ccccc1. The van der Waals surface area contributed by atoms with Crippen molar-refractivity contribution in [2.75, 3.05) is 6.54 Å². The number of tetrazole rings is 1. The fraction of sp³-hybridized carbons (Fsp3) is 0.222. The minimum Gasteiger partial charge on any atom is -0.355 e. The number of amides is 1. The highest BCUT2D eigenvalue weighted by Crippen LogP contribution is 2.22. The first kappa shape index (κ1) is 17.2. The summed E-state index contributed by atoms with van der Waals surface area (Å²) in [7, 11) is 0. The lowest BCUT2D eigenvalue weighted by atomic mass is 10.1. The topological polar surface area (TPSA) is 72.7 Å². The van der Waals surface area contributed by atoms with Crippen LogP contribution in [0.25, 0.3) is 5.69 Å². The van der Waals surface area contributed by atoms with Gasteiger partial charge in [-0.1, -0.05) is 60.3 Å². The van der Waals surface area contributed by atoms with Crippen LogP contribution in [0.5, 0.6) is 0 Å². The molecule has 1 atom stereocenters. The molecule has 1 N–H and O–H groups in total. The summed E-state index contributed by atoms with van der Waals surface area (Å²) in [6.07, 6.45) is 0.811. The minimum absolute atomic E-state index is 0.0245. The Morgan fingerprint density at radius 1 is 1.12 bits per heavy atom. The van der Waals surface area contributed by atoms with Crippen molar-refractivity contribution in [1.82, 2.24) is 25.5 Å². The molecule has 3 rings (SSSR count). The molecule has 0 aliphatic rings. The molecule has 0 saturated heterocycles. The molecule has 6 nitrogen and oxygen atoms in total. The summed E-state index contributed by atoms with van der Waals surface area (Å²) in [5.74, 6) is -0.0245. The summed E-state index contributed by atoms with van der Waals surface area (Å²) >= 11 is 1.34. The number of thioether (sulfide) groups is 1. The standard InChI is InChI=1S/C18H19N5OS/c1-14(17(24)19-13-12-15-8-4-2-5-9-15)25-18-20-21-22-23(18)16-10-6-3-7-11-16/h2-11,14H,12-13H2,1H3,(H,19,24)/t14-/m1/s1. The Morgan fingerprint density at radius 3 is 2.52 bits per heavy atom. The molecule has 128 valence electrons. The first-order valence-corrected chi connectivity index (χ1v) is 8.94. The number of hydrogen-bond acceptors (Lipinski definition) is 5. The van der Waals surface area contributed by atoms with Gasteiger partial charge < -0.3 is 5.32 Å². The lowest BCUT2D eigenvalue weighted by Gasteiger charge is -2.11.